The fourth-order valence-electron chi connectivity index (χ4n) is 3.06. The van der Waals surface area contributed by atoms with E-state index in [0.29, 0.717) is 12.4 Å². The number of nitrogen functional groups attached to an aromatic ring is 1. The molecule has 1 saturated heterocycles. The summed E-state index contributed by atoms with van der Waals surface area (Å²) in [7, 11) is 2.11. The van der Waals surface area contributed by atoms with Crippen molar-refractivity contribution in [3.8, 4) is 0 Å². The number of piperazine rings is 1. The van der Waals surface area contributed by atoms with Crippen LogP contribution in [0.1, 0.15) is 17.3 Å². The Kier molecular flexibility index (Phi) is 4.34. The Hall–Kier alpha value is -2.34. The van der Waals surface area contributed by atoms with Gasteiger partial charge in [0.05, 0.1) is 11.7 Å². The van der Waals surface area contributed by atoms with E-state index in [2.05, 4.69) is 29.2 Å². The van der Waals surface area contributed by atoms with Gasteiger partial charge in [0.2, 0.25) is 5.91 Å². The van der Waals surface area contributed by atoms with E-state index >= 15 is 0 Å². The highest BCUT2D eigenvalue weighted by Gasteiger charge is 2.28. The lowest BCUT2D eigenvalue weighted by Crippen LogP contribution is -2.49. The van der Waals surface area contributed by atoms with Crippen LogP contribution in [0.3, 0.4) is 0 Å². The highest BCUT2D eigenvalue weighted by Crippen LogP contribution is 2.24. The van der Waals surface area contributed by atoms with Crippen LogP contribution in [0.25, 0.3) is 0 Å². The van der Waals surface area contributed by atoms with E-state index in [1.165, 1.54) is 5.56 Å². The predicted molar refractivity (Wildman–Crippen MR) is 89.8 cm³/mol. The summed E-state index contributed by atoms with van der Waals surface area (Å²) < 4.78 is 1.58. The van der Waals surface area contributed by atoms with Crippen molar-refractivity contribution >= 4 is 11.7 Å². The van der Waals surface area contributed by atoms with Crippen molar-refractivity contribution in [1.29, 1.82) is 0 Å². The molecule has 1 aromatic heterocycles. The first-order valence-electron chi connectivity index (χ1n) is 7.87. The number of aryl methyl sites for hydroxylation is 1. The number of anilines is 1. The molecule has 3 rings (SSSR count). The number of nitrogens with two attached hydrogens (primary N) is 1. The van der Waals surface area contributed by atoms with Gasteiger partial charge in [-0.05, 0) is 19.5 Å². The van der Waals surface area contributed by atoms with Crippen LogP contribution in [0.2, 0.25) is 0 Å². The molecule has 0 bridgehead atoms. The predicted octanol–water partition coefficient (Wildman–Crippen LogP) is 1.29. The molecule has 2 aromatic rings. The molecule has 2 heterocycles. The van der Waals surface area contributed by atoms with Crippen LogP contribution >= 0.6 is 0 Å². The van der Waals surface area contributed by atoms with Gasteiger partial charge in [-0.3, -0.25) is 9.69 Å². The summed E-state index contributed by atoms with van der Waals surface area (Å²) in [6.45, 7) is 4.36. The lowest BCUT2D eigenvalue weighted by atomic mass is 10.0. The molecule has 1 amide bonds. The Labute approximate surface area is 136 Å². The third-order valence-electron chi connectivity index (χ3n) is 4.40. The first kappa shape index (κ1) is 15.6. The molecule has 1 aliphatic heterocycles. The summed E-state index contributed by atoms with van der Waals surface area (Å²) in [5.41, 5.74) is 7.95. The molecular formula is C17H23N5O. The van der Waals surface area contributed by atoms with Crippen LogP contribution in [0.4, 0.5) is 5.82 Å². The molecule has 6 heteroatoms. The number of amides is 1. The number of likely N-dealkylation sites (N-methyl/N-ethyl adjacent to an activating group) is 1. The number of nitrogens with zero attached hydrogens (tertiary/aromatic N) is 4. The molecule has 2 N–H and O–H groups in total. The number of hydrogen-bond donors (Lipinski definition) is 1. The zero-order chi connectivity index (χ0) is 16.4. The minimum Gasteiger partial charge on any atom is -0.384 e. The van der Waals surface area contributed by atoms with Crippen molar-refractivity contribution in [2.24, 2.45) is 0 Å². The molecule has 122 valence electrons. The number of benzene rings is 1. The molecule has 23 heavy (non-hydrogen) atoms. The van der Waals surface area contributed by atoms with Gasteiger partial charge in [0.25, 0.3) is 0 Å². The van der Waals surface area contributed by atoms with E-state index in [1.54, 1.807) is 10.7 Å². The van der Waals surface area contributed by atoms with E-state index < -0.39 is 0 Å². The Bertz CT molecular complexity index is 682. The second kappa shape index (κ2) is 6.42. The topological polar surface area (TPSA) is 67.4 Å². The molecule has 0 saturated carbocycles. The molecule has 0 unspecified atom stereocenters. The van der Waals surface area contributed by atoms with Gasteiger partial charge in [-0.15, -0.1) is 0 Å². The molecule has 6 nitrogen and oxygen atoms in total. The monoisotopic (exact) mass is 313 g/mol. The highest BCUT2D eigenvalue weighted by molar-refractivity contribution is 5.76. The minimum atomic E-state index is 0.0637. The van der Waals surface area contributed by atoms with E-state index in [0.717, 1.165) is 18.8 Å². The summed E-state index contributed by atoms with van der Waals surface area (Å²) in [5.74, 6) is 0.596. The summed E-state index contributed by atoms with van der Waals surface area (Å²) in [5, 5.41) is 4.27. The van der Waals surface area contributed by atoms with Crippen molar-refractivity contribution in [2.75, 3.05) is 32.4 Å². The van der Waals surface area contributed by atoms with E-state index in [-0.39, 0.29) is 18.5 Å². The number of aromatic nitrogens is 2. The molecule has 1 fully saturated rings. The molecule has 0 spiro atoms. The average molecular weight is 313 g/mol. The number of carbonyl (C=O) groups is 1. The van der Waals surface area contributed by atoms with Crippen molar-refractivity contribution in [3.05, 3.63) is 47.7 Å². The molecule has 0 aliphatic carbocycles. The van der Waals surface area contributed by atoms with Crippen LogP contribution in [-0.2, 0) is 11.3 Å². The lowest BCUT2D eigenvalue weighted by molar-refractivity contribution is -0.134. The van der Waals surface area contributed by atoms with Crippen molar-refractivity contribution in [1.82, 2.24) is 19.6 Å². The van der Waals surface area contributed by atoms with Gasteiger partial charge >= 0.3 is 0 Å². The first-order valence-corrected chi connectivity index (χ1v) is 7.87. The summed E-state index contributed by atoms with van der Waals surface area (Å²) in [4.78, 5) is 16.8. The maximum absolute atomic E-state index is 12.6. The SMILES string of the molecule is Cc1cc(N)n(CC(=O)N2CCN(C)[C@H](c3ccccc3)C2)n1. The van der Waals surface area contributed by atoms with Gasteiger partial charge in [0.15, 0.2) is 0 Å². The van der Waals surface area contributed by atoms with Crippen molar-refractivity contribution in [2.45, 2.75) is 19.5 Å². The zero-order valence-electron chi connectivity index (χ0n) is 13.6. The Morgan fingerprint density at radius 3 is 2.70 bits per heavy atom. The molecule has 1 aliphatic rings. The maximum Gasteiger partial charge on any atom is 0.244 e. The second-order valence-electron chi connectivity index (χ2n) is 6.12. The smallest absolute Gasteiger partial charge is 0.244 e. The standard InChI is InChI=1S/C17H23N5O/c1-13-10-16(18)22(19-13)12-17(23)21-9-8-20(2)15(11-21)14-6-4-3-5-7-14/h3-7,10,15H,8-9,11-12,18H2,1-2H3/t15-/m0/s1. The van der Waals surface area contributed by atoms with Gasteiger partial charge in [0.1, 0.15) is 12.4 Å². The number of carbonyl (C=O) groups excluding carboxylic acids is 1. The fourth-order valence-corrected chi connectivity index (χ4v) is 3.06. The Morgan fingerprint density at radius 2 is 2.04 bits per heavy atom. The van der Waals surface area contributed by atoms with E-state index in [1.807, 2.05) is 30.0 Å². The van der Waals surface area contributed by atoms with Crippen LogP contribution in [0, 0.1) is 6.92 Å². The Balaban J connectivity index is 1.71. The molecule has 1 aromatic carbocycles. The maximum atomic E-state index is 12.6. The Morgan fingerprint density at radius 1 is 1.30 bits per heavy atom. The third-order valence-corrected chi connectivity index (χ3v) is 4.40. The van der Waals surface area contributed by atoms with Gasteiger partial charge in [0, 0.05) is 25.7 Å². The molecule has 1 atom stereocenters. The summed E-state index contributed by atoms with van der Waals surface area (Å²) in [6, 6.07) is 12.3. The normalized spacial score (nSPS) is 19.0. The fraction of sp³-hybridized carbons (Fsp3) is 0.412. The molecule has 0 radical (unpaired) electrons. The van der Waals surface area contributed by atoms with Gasteiger partial charge in [-0.25, -0.2) is 4.68 Å². The summed E-state index contributed by atoms with van der Waals surface area (Å²) >= 11 is 0. The summed E-state index contributed by atoms with van der Waals surface area (Å²) in [6.07, 6.45) is 0. The quantitative estimate of drug-likeness (QED) is 0.927. The minimum absolute atomic E-state index is 0.0637. The van der Waals surface area contributed by atoms with Crippen molar-refractivity contribution in [3.63, 3.8) is 0 Å². The number of rotatable bonds is 3. The van der Waals surface area contributed by atoms with Gasteiger partial charge < -0.3 is 10.6 Å². The average Bonchev–Trinajstić information content (AvgIpc) is 2.86. The molecular weight excluding hydrogens is 290 g/mol. The largest absolute Gasteiger partial charge is 0.384 e. The van der Waals surface area contributed by atoms with Crippen molar-refractivity contribution < 1.29 is 4.79 Å². The van der Waals surface area contributed by atoms with Crippen LogP contribution in [0.5, 0.6) is 0 Å². The third kappa shape index (κ3) is 3.37. The van der Waals surface area contributed by atoms with E-state index in [4.69, 9.17) is 5.73 Å². The lowest BCUT2D eigenvalue weighted by Gasteiger charge is -2.39. The van der Waals surface area contributed by atoms with Gasteiger partial charge in [-0.2, -0.15) is 5.10 Å². The zero-order valence-corrected chi connectivity index (χ0v) is 13.6. The number of hydrogen-bond acceptors (Lipinski definition) is 4. The van der Waals surface area contributed by atoms with Crippen LogP contribution < -0.4 is 5.73 Å². The van der Waals surface area contributed by atoms with E-state index in [9.17, 15) is 4.79 Å². The van der Waals surface area contributed by atoms with Crippen LogP contribution in [-0.4, -0.2) is 52.2 Å². The second-order valence-corrected chi connectivity index (χ2v) is 6.12. The highest BCUT2D eigenvalue weighted by atomic mass is 16.2. The van der Waals surface area contributed by atoms with Crippen LogP contribution in [0.15, 0.2) is 36.4 Å². The first-order chi connectivity index (χ1) is 11.0. The van der Waals surface area contributed by atoms with Gasteiger partial charge in [-0.1, -0.05) is 30.3 Å².